The Balaban J connectivity index is 2.57. The molecule has 0 fully saturated rings. The number of hydrogen-bond donors (Lipinski definition) is 1. The second-order valence-electron chi connectivity index (χ2n) is 2.80. The molecule has 4 nitrogen and oxygen atoms in total. The van der Waals surface area contributed by atoms with Crippen molar-refractivity contribution in [1.29, 1.82) is 0 Å². The monoisotopic (exact) mass is 269 g/mol. The first kappa shape index (κ1) is 12.9. The average Bonchev–Trinajstić information content (AvgIpc) is 2.60. The molecule has 15 heavy (non-hydrogen) atoms. The quantitative estimate of drug-likeness (QED) is 0.800. The van der Waals surface area contributed by atoms with E-state index in [9.17, 15) is 8.42 Å². The van der Waals surface area contributed by atoms with Crippen LogP contribution in [0.3, 0.4) is 0 Å². The maximum atomic E-state index is 11.7. The Bertz CT molecular complexity index is 402. The van der Waals surface area contributed by atoms with Crippen LogP contribution in [0.2, 0.25) is 5.02 Å². The molecule has 1 aromatic heterocycles. The largest absolute Gasteiger partial charge is 0.385 e. The molecule has 1 aromatic rings. The molecule has 0 atom stereocenters. The molecule has 0 aromatic carbocycles. The molecule has 0 aliphatic carbocycles. The Morgan fingerprint density at radius 1 is 1.60 bits per heavy atom. The SMILES string of the molecule is COCCCNS(=O)(=O)c1sccc1Cl. The highest BCUT2D eigenvalue weighted by Gasteiger charge is 2.18. The summed E-state index contributed by atoms with van der Waals surface area (Å²) in [7, 11) is -1.87. The summed E-state index contributed by atoms with van der Waals surface area (Å²) in [6, 6.07) is 1.57. The van der Waals surface area contributed by atoms with Gasteiger partial charge in [-0.05, 0) is 17.9 Å². The lowest BCUT2D eigenvalue weighted by molar-refractivity contribution is 0.196. The van der Waals surface area contributed by atoms with Crippen molar-refractivity contribution in [1.82, 2.24) is 4.72 Å². The predicted octanol–water partition coefficient (Wildman–Crippen LogP) is 1.72. The number of hydrogen-bond acceptors (Lipinski definition) is 4. The van der Waals surface area contributed by atoms with Gasteiger partial charge in [0.15, 0.2) is 4.21 Å². The minimum absolute atomic E-state index is 0.168. The number of methoxy groups -OCH3 is 1. The van der Waals surface area contributed by atoms with Crippen LogP contribution in [0.25, 0.3) is 0 Å². The highest BCUT2D eigenvalue weighted by molar-refractivity contribution is 7.91. The maximum absolute atomic E-state index is 11.7. The number of rotatable bonds is 6. The zero-order chi connectivity index (χ0) is 11.3. The summed E-state index contributed by atoms with van der Waals surface area (Å²) in [4.78, 5) is 0. The molecule has 0 amide bonds. The van der Waals surface area contributed by atoms with Gasteiger partial charge in [-0.15, -0.1) is 11.3 Å². The summed E-state index contributed by atoms with van der Waals surface area (Å²) < 4.78 is 30.7. The van der Waals surface area contributed by atoms with Gasteiger partial charge in [-0.25, -0.2) is 13.1 Å². The van der Waals surface area contributed by atoms with Crippen LogP contribution in [-0.4, -0.2) is 28.7 Å². The molecule has 1 heterocycles. The van der Waals surface area contributed by atoms with Crippen molar-refractivity contribution in [2.24, 2.45) is 0 Å². The van der Waals surface area contributed by atoms with Gasteiger partial charge in [0, 0.05) is 20.3 Å². The summed E-state index contributed by atoms with van der Waals surface area (Å²) in [6.07, 6.45) is 0.638. The van der Waals surface area contributed by atoms with Gasteiger partial charge in [0.25, 0.3) is 10.0 Å². The average molecular weight is 270 g/mol. The third-order valence-corrected chi connectivity index (χ3v) is 5.13. The molecule has 1 rings (SSSR count). The minimum atomic E-state index is -3.45. The third kappa shape index (κ3) is 3.73. The lowest BCUT2D eigenvalue weighted by Crippen LogP contribution is -2.24. The van der Waals surface area contributed by atoms with Crippen molar-refractivity contribution in [3.05, 3.63) is 16.5 Å². The van der Waals surface area contributed by atoms with Gasteiger partial charge in [-0.1, -0.05) is 11.6 Å². The molecule has 0 saturated heterocycles. The normalized spacial score (nSPS) is 11.9. The molecular weight excluding hydrogens is 258 g/mol. The molecule has 86 valence electrons. The Labute approximate surface area is 98.3 Å². The van der Waals surface area contributed by atoms with Crippen molar-refractivity contribution >= 4 is 33.0 Å². The zero-order valence-electron chi connectivity index (χ0n) is 8.20. The first-order chi connectivity index (χ1) is 7.08. The molecule has 0 spiro atoms. The smallest absolute Gasteiger partial charge is 0.251 e. The minimum Gasteiger partial charge on any atom is -0.385 e. The fraction of sp³-hybridized carbons (Fsp3) is 0.500. The van der Waals surface area contributed by atoms with Gasteiger partial charge in [0.1, 0.15) is 0 Å². The Kier molecular flexibility index (Phi) is 5.01. The van der Waals surface area contributed by atoms with Crippen molar-refractivity contribution in [3.63, 3.8) is 0 Å². The van der Waals surface area contributed by atoms with Gasteiger partial charge in [0.05, 0.1) is 5.02 Å². The number of ether oxygens (including phenoxy) is 1. The highest BCUT2D eigenvalue weighted by atomic mass is 35.5. The van der Waals surface area contributed by atoms with E-state index < -0.39 is 10.0 Å². The molecule has 0 saturated carbocycles. The van der Waals surface area contributed by atoms with Crippen molar-refractivity contribution in [3.8, 4) is 0 Å². The van der Waals surface area contributed by atoms with Gasteiger partial charge in [0.2, 0.25) is 0 Å². The Morgan fingerprint density at radius 3 is 2.87 bits per heavy atom. The van der Waals surface area contributed by atoms with Crippen LogP contribution in [0.1, 0.15) is 6.42 Å². The molecule has 0 aliphatic heterocycles. The predicted molar refractivity (Wildman–Crippen MR) is 61.0 cm³/mol. The van der Waals surface area contributed by atoms with E-state index >= 15 is 0 Å². The van der Waals surface area contributed by atoms with Crippen LogP contribution in [0.5, 0.6) is 0 Å². The number of halogens is 1. The summed E-state index contributed by atoms with van der Waals surface area (Å²) in [5, 5.41) is 1.91. The molecule has 1 N–H and O–H groups in total. The topological polar surface area (TPSA) is 55.4 Å². The van der Waals surface area contributed by atoms with E-state index in [0.29, 0.717) is 19.6 Å². The maximum Gasteiger partial charge on any atom is 0.251 e. The molecule has 0 aliphatic rings. The first-order valence-corrected chi connectivity index (χ1v) is 7.03. The highest BCUT2D eigenvalue weighted by Crippen LogP contribution is 2.26. The van der Waals surface area contributed by atoms with E-state index in [1.54, 1.807) is 18.6 Å². The van der Waals surface area contributed by atoms with Crippen LogP contribution < -0.4 is 4.72 Å². The Hall–Kier alpha value is -0.140. The lowest BCUT2D eigenvalue weighted by Gasteiger charge is -2.04. The van der Waals surface area contributed by atoms with E-state index in [0.717, 1.165) is 11.3 Å². The lowest BCUT2D eigenvalue weighted by atomic mass is 10.5. The summed E-state index contributed by atoms with van der Waals surface area (Å²) in [5.74, 6) is 0. The van der Waals surface area contributed by atoms with E-state index in [2.05, 4.69) is 4.72 Å². The zero-order valence-corrected chi connectivity index (χ0v) is 10.6. The number of nitrogens with one attached hydrogen (secondary N) is 1. The van der Waals surface area contributed by atoms with Gasteiger partial charge >= 0.3 is 0 Å². The van der Waals surface area contributed by atoms with Crippen LogP contribution >= 0.6 is 22.9 Å². The fourth-order valence-electron chi connectivity index (χ4n) is 0.960. The first-order valence-electron chi connectivity index (χ1n) is 4.29. The van der Waals surface area contributed by atoms with Crippen LogP contribution in [0, 0.1) is 0 Å². The molecule has 0 bridgehead atoms. The molecule has 0 unspecified atom stereocenters. The Morgan fingerprint density at radius 2 is 2.33 bits per heavy atom. The second-order valence-corrected chi connectivity index (χ2v) is 6.09. The summed E-state index contributed by atoms with van der Waals surface area (Å²) in [5.41, 5.74) is 0. The molecule has 0 radical (unpaired) electrons. The standard InChI is InChI=1S/C8H12ClNO3S2/c1-13-5-2-4-10-15(11,12)8-7(9)3-6-14-8/h3,6,10H,2,4-5H2,1H3. The second kappa shape index (κ2) is 5.81. The van der Waals surface area contributed by atoms with Crippen LogP contribution in [0.15, 0.2) is 15.7 Å². The fourth-order valence-corrected chi connectivity index (χ4v) is 3.76. The van der Waals surface area contributed by atoms with Crippen molar-refractivity contribution in [2.75, 3.05) is 20.3 Å². The van der Waals surface area contributed by atoms with Crippen LogP contribution in [0.4, 0.5) is 0 Å². The van der Waals surface area contributed by atoms with E-state index in [1.807, 2.05) is 0 Å². The van der Waals surface area contributed by atoms with Gasteiger partial charge in [-0.2, -0.15) is 0 Å². The van der Waals surface area contributed by atoms with Gasteiger partial charge in [-0.3, -0.25) is 0 Å². The summed E-state index contributed by atoms with van der Waals surface area (Å²) >= 11 is 6.84. The van der Waals surface area contributed by atoms with Crippen LogP contribution in [-0.2, 0) is 14.8 Å². The summed E-state index contributed by atoms with van der Waals surface area (Å²) in [6.45, 7) is 0.880. The molecule has 7 heteroatoms. The third-order valence-electron chi connectivity index (χ3n) is 1.65. The van der Waals surface area contributed by atoms with Gasteiger partial charge < -0.3 is 4.74 Å². The molecular formula is C8H12ClNO3S2. The van der Waals surface area contributed by atoms with Crippen molar-refractivity contribution in [2.45, 2.75) is 10.6 Å². The number of thiophene rings is 1. The van der Waals surface area contributed by atoms with E-state index in [4.69, 9.17) is 16.3 Å². The number of sulfonamides is 1. The van der Waals surface area contributed by atoms with Crippen molar-refractivity contribution < 1.29 is 13.2 Å². The van der Waals surface area contributed by atoms with E-state index in [1.165, 1.54) is 0 Å². The van der Waals surface area contributed by atoms with E-state index in [-0.39, 0.29) is 9.23 Å².